The van der Waals surface area contributed by atoms with Gasteiger partial charge in [-0.1, -0.05) is 19.1 Å². The highest BCUT2D eigenvalue weighted by atomic mass is 19.1. The molecule has 1 fully saturated rings. The van der Waals surface area contributed by atoms with E-state index in [2.05, 4.69) is 5.32 Å². The van der Waals surface area contributed by atoms with E-state index in [9.17, 15) is 19.1 Å². The van der Waals surface area contributed by atoms with Crippen LogP contribution in [0.5, 0.6) is 0 Å². The summed E-state index contributed by atoms with van der Waals surface area (Å²) in [5, 5.41) is 12.2. The molecule has 5 nitrogen and oxygen atoms in total. The van der Waals surface area contributed by atoms with E-state index < -0.39 is 11.9 Å². The summed E-state index contributed by atoms with van der Waals surface area (Å²) in [4.78, 5) is 23.7. The minimum absolute atomic E-state index is 0.0363. The maximum absolute atomic E-state index is 13.2. The number of carboxylic acid groups (broad SMARTS) is 1. The molecule has 1 aliphatic heterocycles. The molecular formula is C19H26FNO4. The number of rotatable bonds is 8. The highest BCUT2D eigenvalue weighted by Crippen LogP contribution is 2.24. The van der Waals surface area contributed by atoms with E-state index in [1.807, 2.05) is 6.07 Å². The summed E-state index contributed by atoms with van der Waals surface area (Å²) in [6.45, 7) is 3.10. The second kappa shape index (κ2) is 9.51. The van der Waals surface area contributed by atoms with Crippen molar-refractivity contribution in [3.63, 3.8) is 0 Å². The smallest absolute Gasteiger partial charge is 0.308 e. The van der Waals surface area contributed by atoms with Gasteiger partial charge >= 0.3 is 5.97 Å². The van der Waals surface area contributed by atoms with Gasteiger partial charge in [-0.05, 0) is 49.3 Å². The molecule has 1 aromatic carbocycles. The zero-order chi connectivity index (χ0) is 18.2. The molecule has 0 spiro atoms. The molecule has 0 radical (unpaired) electrons. The van der Waals surface area contributed by atoms with Crippen LogP contribution in [0.3, 0.4) is 0 Å². The Hall–Kier alpha value is -1.95. The lowest BCUT2D eigenvalue weighted by molar-refractivity contribution is -0.145. The van der Waals surface area contributed by atoms with Crippen LogP contribution in [0.2, 0.25) is 0 Å². The van der Waals surface area contributed by atoms with Gasteiger partial charge in [-0.2, -0.15) is 0 Å². The van der Waals surface area contributed by atoms with Crippen molar-refractivity contribution in [2.24, 2.45) is 17.8 Å². The number of aryl methyl sites for hydroxylation is 1. The summed E-state index contributed by atoms with van der Waals surface area (Å²) in [6.07, 6.45) is 2.61. The number of amides is 1. The van der Waals surface area contributed by atoms with Gasteiger partial charge in [0.05, 0.1) is 5.92 Å². The van der Waals surface area contributed by atoms with Crippen molar-refractivity contribution in [2.45, 2.75) is 32.6 Å². The van der Waals surface area contributed by atoms with Crippen LogP contribution in [0.4, 0.5) is 4.39 Å². The molecule has 138 valence electrons. The lowest BCUT2D eigenvalue weighted by Crippen LogP contribution is -2.40. The summed E-state index contributed by atoms with van der Waals surface area (Å²) < 4.78 is 18.4. The number of halogens is 1. The highest BCUT2D eigenvalue weighted by molar-refractivity contribution is 5.79. The number of aliphatic carboxylic acids is 1. The third kappa shape index (κ3) is 6.12. The lowest BCUT2D eigenvalue weighted by atomic mass is 9.86. The molecule has 1 aromatic rings. The predicted octanol–water partition coefficient (Wildman–Crippen LogP) is 2.64. The predicted molar refractivity (Wildman–Crippen MR) is 91.6 cm³/mol. The van der Waals surface area contributed by atoms with E-state index in [0.717, 1.165) is 5.56 Å². The molecule has 0 aliphatic carbocycles. The van der Waals surface area contributed by atoms with Crippen molar-refractivity contribution in [2.75, 3.05) is 19.8 Å². The molecule has 1 heterocycles. The van der Waals surface area contributed by atoms with Crippen LogP contribution >= 0.6 is 0 Å². The number of benzene rings is 1. The molecule has 25 heavy (non-hydrogen) atoms. The van der Waals surface area contributed by atoms with Crippen molar-refractivity contribution in [3.8, 4) is 0 Å². The van der Waals surface area contributed by atoms with Crippen molar-refractivity contribution in [1.82, 2.24) is 5.32 Å². The molecule has 1 amide bonds. The minimum atomic E-state index is -0.875. The standard InChI is InChI=1S/C19H26FNO4/c1-13(5-6-14-3-2-4-16(20)11-14)18(22)21-12-17(19(23)24)15-7-9-25-10-8-15/h2-4,11,13,15,17H,5-10,12H2,1H3,(H,21,22)(H,23,24). The van der Waals surface area contributed by atoms with E-state index in [1.54, 1.807) is 13.0 Å². The van der Waals surface area contributed by atoms with Gasteiger partial charge in [-0.15, -0.1) is 0 Å². The maximum Gasteiger partial charge on any atom is 0.308 e. The Balaban J connectivity index is 1.79. The highest BCUT2D eigenvalue weighted by Gasteiger charge is 2.30. The molecule has 2 rings (SSSR count). The number of carbonyl (C=O) groups excluding carboxylic acids is 1. The second-order valence-corrected chi connectivity index (χ2v) is 6.71. The molecule has 2 N–H and O–H groups in total. The van der Waals surface area contributed by atoms with Gasteiger partial charge in [0, 0.05) is 25.7 Å². The molecule has 0 aromatic heterocycles. The zero-order valence-electron chi connectivity index (χ0n) is 14.5. The van der Waals surface area contributed by atoms with Crippen LogP contribution < -0.4 is 5.32 Å². The molecule has 1 aliphatic rings. The van der Waals surface area contributed by atoms with E-state index in [-0.39, 0.29) is 30.1 Å². The van der Waals surface area contributed by atoms with Gasteiger partial charge in [-0.25, -0.2) is 4.39 Å². The Morgan fingerprint density at radius 2 is 2.08 bits per heavy atom. The number of nitrogens with one attached hydrogen (secondary N) is 1. The maximum atomic E-state index is 13.2. The molecule has 0 bridgehead atoms. The summed E-state index contributed by atoms with van der Waals surface area (Å²) in [5.41, 5.74) is 0.852. The van der Waals surface area contributed by atoms with Crippen molar-refractivity contribution < 1.29 is 23.8 Å². The molecular weight excluding hydrogens is 325 g/mol. The lowest BCUT2D eigenvalue weighted by Gasteiger charge is -2.28. The number of hydrogen-bond donors (Lipinski definition) is 2. The van der Waals surface area contributed by atoms with Gasteiger partial charge in [0.1, 0.15) is 5.82 Å². The van der Waals surface area contributed by atoms with E-state index in [0.29, 0.717) is 38.9 Å². The van der Waals surface area contributed by atoms with E-state index in [1.165, 1.54) is 12.1 Å². The normalized spacial score (nSPS) is 17.7. The Morgan fingerprint density at radius 3 is 2.72 bits per heavy atom. The van der Waals surface area contributed by atoms with Crippen molar-refractivity contribution in [1.29, 1.82) is 0 Å². The third-order valence-electron chi connectivity index (χ3n) is 4.85. The van der Waals surface area contributed by atoms with Gasteiger partial charge in [-0.3, -0.25) is 9.59 Å². The van der Waals surface area contributed by atoms with Crippen LogP contribution in [0.1, 0.15) is 31.7 Å². The van der Waals surface area contributed by atoms with E-state index in [4.69, 9.17) is 4.74 Å². The first-order valence-electron chi connectivity index (χ1n) is 8.80. The Labute approximate surface area is 147 Å². The van der Waals surface area contributed by atoms with Gasteiger partial charge in [0.25, 0.3) is 0 Å². The summed E-state index contributed by atoms with van der Waals surface area (Å²) in [7, 11) is 0. The third-order valence-corrected chi connectivity index (χ3v) is 4.85. The monoisotopic (exact) mass is 351 g/mol. The first-order valence-corrected chi connectivity index (χ1v) is 8.80. The van der Waals surface area contributed by atoms with Crippen LogP contribution in [0.15, 0.2) is 24.3 Å². The minimum Gasteiger partial charge on any atom is -0.481 e. The fourth-order valence-electron chi connectivity index (χ4n) is 3.17. The number of carboxylic acids is 1. The quantitative estimate of drug-likeness (QED) is 0.755. The van der Waals surface area contributed by atoms with Gasteiger partial charge in [0.2, 0.25) is 5.91 Å². The second-order valence-electron chi connectivity index (χ2n) is 6.71. The average molecular weight is 351 g/mol. The topological polar surface area (TPSA) is 75.6 Å². The van der Waals surface area contributed by atoms with Crippen LogP contribution in [0, 0.1) is 23.6 Å². The Kier molecular flexibility index (Phi) is 7.37. The molecule has 0 saturated carbocycles. The van der Waals surface area contributed by atoms with Crippen LogP contribution in [-0.2, 0) is 20.7 Å². The van der Waals surface area contributed by atoms with Crippen LogP contribution in [0.25, 0.3) is 0 Å². The van der Waals surface area contributed by atoms with Gasteiger partial charge < -0.3 is 15.2 Å². The summed E-state index contributed by atoms with van der Waals surface area (Å²) >= 11 is 0. The molecule has 6 heteroatoms. The van der Waals surface area contributed by atoms with Crippen molar-refractivity contribution >= 4 is 11.9 Å². The number of carbonyl (C=O) groups is 2. The largest absolute Gasteiger partial charge is 0.481 e. The fraction of sp³-hybridized carbons (Fsp3) is 0.579. The number of hydrogen-bond acceptors (Lipinski definition) is 3. The van der Waals surface area contributed by atoms with Crippen molar-refractivity contribution in [3.05, 3.63) is 35.6 Å². The fourth-order valence-corrected chi connectivity index (χ4v) is 3.17. The summed E-state index contributed by atoms with van der Waals surface area (Å²) in [5.74, 6) is -2.12. The molecule has 2 unspecified atom stereocenters. The molecule has 1 saturated heterocycles. The summed E-state index contributed by atoms with van der Waals surface area (Å²) in [6, 6.07) is 6.35. The van der Waals surface area contributed by atoms with Gasteiger partial charge in [0.15, 0.2) is 0 Å². The number of ether oxygens (including phenoxy) is 1. The molecule has 2 atom stereocenters. The van der Waals surface area contributed by atoms with E-state index >= 15 is 0 Å². The Bertz CT molecular complexity index is 587. The zero-order valence-corrected chi connectivity index (χ0v) is 14.5. The van der Waals surface area contributed by atoms with Crippen LogP contribution in [-0.4, -0.2) is 36.7 Å². The average Bonchev–Trinajstić information content (AvgIpc) is 2.60. The SMILES string of the molecule is CC(CCc1cccc(F)c1)C(=O)NCC(C(=O)O)C1CCOCC1. The first kappa shape index (κ1) is 19.4. The Morgan fingerprint density at radius 1 is 1.36 bits per heavy atom. The first-order chi connectivity index (χ1) is 12.0.